The molecule has 6 nitrogen and oxygen atoms in total. The highest BCUT2D eigenvalue weighted by Crippen LogP contribution is 2.56. The second kappa shape index (κ2) is 9.25. The van der Waals surface area contributed by atoms with Crippen LogP contribution in [0.5, 0.6) is 0 Å². The third-order valence-corrected chi connectivity index (χ3v) is 7.90. The molecule has 0 radical (unpaired) electrons. The molecule has 1 aromatic heterocycles. The van der Waals surface area contributed by atoms with Gasteiger partial charge in [-0.05, 0) is 12.8 Å². The van der Waals surface area contributed by atoms with E-state index in [0.29, 0.717) is 16.4 Å². The van der Waals surface area contributed by atoms with Crippen LogP contribution in [0.2, 0.25) is 0 Å². The van der Waals surface area contributed by atoms with E-state index < -0.39 is 5.41 Å². The van der Waals surface area contributed by atoms with Crippen LogP contribution in [0.1, 0.15) is 43.0 Å². The molecule has 0 unspecified atom stereocenters. The molecule has 1 aliphatic heterocycles. The summed E-state index contributed by atoms with van der Waals surface area (Å²) >= 11 is 2.80. The van der Waals surface area contributed by atoms with Gasteiger partial charge in [-0.1, -0.05) is 61.4 Å². The zero-order valence-electron chi connectivity index (χ0n) is 17.3. The van der Waals surface area contributed by atoms with Gasteiger partial charge in [-0.15, -0.1) is 11.3 Å². The van der Waals surface area contributed by atoms with Gasteiger partial charge in [0, 0.05) is 16.4 Å². The number of rotatable bonds is 5. The van der Waals surface area contributed by atoms with Crippen LogP contribution in [0, 0.1) is 16.7 Å². The van der Waals surface area contributed by atoms with Crippen LogP contribution in [-0.2, 0) is 9.53 Å². The maximum Gasteiger partial charge on any atom is 0.316 e. The molecule has 1 fully saturated rings. The fourth-order valence-corrected chi connectivity index (χ4v) is 6.56. The molecule has 8 heteroatoms. The Morgan fingerprint density at radius 2 is 2.06 bits per heavy atom. The zero-order chi connectivity index (χ0) is 21.8. The molecule has 1 atom stereocenters. The molecule has 1 aliphatic carbocycles. The third-order valence-electron chi connectivity index (χ3n) is 6.04. The summed E-state index contributed by atoms with van der Waals surface area (Å²) in [5, 5.41) is 13.7. The zero-order valence-corrected chi connectivity index (χ0v) is 19.0. The van der Waals surface area contributed by atoms with Crippen LogP contribution in [0.3, 0.4) is 0 Å². The lowest BCUT2D eigenvalue weighted by Gasteiger charge is -2.44. The van der Waals surface area contributed by atoms with E-state index >= 15 is 0 Å². The number of esters is 1. The number of amidine groups is 1. The van der Waals surface area contributed by atoms with Crippen LogP contribution in [0.25, 0.3) is 11.3 Å². The van der Waals surface area contributed by atoms with Crippen molar-refractivity contribution in [3.63, 3.8) is 0 Å². The molecule has 0 bridgehead atoms. The minimum absolute atomic E-state index is 0.101. The first-order chi connectivity index (χ1) is 15.1. The summed E-state index contributed by atoms with van der Waals surface area (Å²) in [5.41, 5.74) is 8.73. The standard InChI is InChI=1S/C23H24N4O2S2/c1-29-18(28)14-31-21-16(12-24)23(10-6-3-7-11-23)19(20(25)27-21)22-26-17(13-30-22)15-8-4-2-5-9-15/h2,4-5,8-9,13,19H,3,6-7,10-11,14H2,1H3,(H2,25,27)/t19-/m0/s1. The largest absolute Gasteiger partial charge is 0.468 e. The van der Waals surface area contributed by atoms with Gasteiger partial charge < -0.3 is 10.5 Å². The molecule has 2 aromatic rings. The number of aliphatic imine (C=N–C) groups is 1. The number of thioether (sulfide) groups is 1. The summed E-state index contributed by atoms with van der Waals surface area (Å²) in [5.74, 6) is -0.00495. The van der Waals surface area contributed by atoms with Crippen molar-refractivity contribution in [2.75, 3.05) is 12.9 Å². The fourth-order valence-electron chi connectivity index (χ4n) is 4.57. The molecular formula is C23H24N4O2S2. The molecule has 0 saturated heterocycles. The normalized spacial score (nSPS) is 20.3. The van der Waals surface area contributed by atoms with Crippen molar-refractivity contribution in [3.05, 3.63) is 51.3 Å². The Kier molecular flexibility index (Phi) is 6.44. The van der Waals surface area contributed by atoms with Crippen molar-refractivity contribution in [2.24, 2.45) is 16.1 Å². The summed E-state index contributed by atoms with van der Waals surface area (Å²) in [6, 6.07) is 12.5. The Balaban J connectivity index is 1.76. The number of nitrogens with two attached hydrogens (primary N) is 1. The number of nitriles is 1. The van der Waals surface area contributed by atoms with E-state index in [9.17, 15) is 10.1 Å². The van der Waals surface area contributed by atoms with Gasteiger partial charge in [-0.2, -0.15) is 5.26 Å². The van der Waals surface area contributed by atoms with Gasteiger partial charge >= 0.3 is 5.97 Å². The van der Waals surface area contributed by atoms with Gasteiger partial charge in [-0.25, -0.2) is 9.98 Å². The van der Waals surface area contributed by atoms with Gasteiger partial charge in [0.15, 0.2) is 0 Å². The SMILES string of the molecule is COC(=O)CSC1=C(C#N)C2(CCCCC2)[C@H](c2nc(-c3ccccc3)cs2)C(N)=N1. The quantitative estimate of drug-likeness (QED) is 0.650. The molecule has 2 heterocycles. The minimum Gasteiger partial charge on any atom is -0.468 e. The predicted molar refractivity (Wildman–Crippen MR) is 125 cm³/mol. The van der Waals surface area contributed by atoms with E-state index in [1.165, 1.54) is 18.9 Å². The highest BCUT2D eigenvalue weighted by Gasteiger charge is 2.50. The Labute approximate surface area is 190 Å². The number of methoxy groups -OCH3 is 1. The lowest BCUT2D eigenvalue weighted by atomic mass is 9.61. The van der Waals surface area contributed by atoms with E-state index in [0.717, 1.165) is 48.4 Å². The van der Waals surface area contributed by atoms with E-state index in [1.54, 1.807) is 11.3 Å². The van der Waals surface area contributed by atoms with Gasteiger partial charge in [-0.3, -0.25) is 4.79 Å². The lowest BCUT2D eigenvalue weighted by Crippen LogP contribution is -2.43. The molecule has 31 heavy (non-hydrogen) atoms. The summed E-state index contributed by atoms with van der Waals surface area (Å²) in [7, 11) is 1.35. The topological polar surface area (TPSA) is 101 Å². The molecule has 1 aromatic carbocycles. The predicted octanol–water partition coefficient (Wildman–Crippen LogP) is 4.86. The van der Waals surface area contributed by atoms with E-state index in [-0.39, 0.29) is 17.6 Å². The molecule has 4 rings (SSSR count). The lowest BCUT2D eigenvalue weighted by molar-refractivity contribution is -0.137. The van der Waals surface area contributed by atoms with Gasteiger partial charge in [0.1, 0.15) is 15.9 Å². The Hall–Kier alpha value is -2.63. The highest BCUT2D eigenvalue weighted by atomic mass is 32.2. The number of benzene rings is 1. The van der Waals surface area contributed by atoms with Crippen molar-refractivity contribution in [1.82, 2.24) is 4.98 Å². The number of hydrogen-bond donors (Lipinski definition) is 1. The first-order valence-corrected chi connectivity index (χ1v) is 12.1. The summed E-state index contributed by atoms with van der Waals surface area (Å²) < 4.78 is 4.76. The minimum atomic E-state index is -0.427. The van der Waals surface area contributed by atoms with Gasteiger partial charge in [0.2, 0.25) is 0 Å². The van der Waals surface area contributed by atoms with E-state index in [4.69, 9.17) is 15.5 Å². The summed E-state index contributed by atoms with van der Waals surface area (Å²) in [6.45, 7) is 0. The first kappa shape index (κ1) is 21.6. The molecule has 2 aliphatic rings. The number of nitrogens with zero attached hydrogens (tertiary/aromatic N) is 3. The molecule has 1 spiro atoms. The van der Waals surface area contributed by atoms with Gasteiger partial charge in [0.25, 0.3) is 0 Å². The number of ether oxygens (including phenoxy) is 1. The number of aromatic nitrogens is 1. The van der Waals surface area contributed by atoms with Crippen molar-refractivity contribution in [1.29, 1.82) is 5.26 Å². The number of carbonyl (C=O) groups is 1. The molecule has 160 valence electrons. The van der Waals surface area contributed by atoms with Crippen LogP contribution >= 0.6 is 23.1 Å². The maximum atomic E-state index is 11.7. The van der Waals surface area contributed by atoms with Crippen LogP contribution in [0.4, 0.5) is 0 Å². The smallest absolute Gasteiger partial charge is 0.316 e. The van der Waals surface area contributed by atoms with Crippen molar-refractivity contribution in [2.45, 2.75) is 38.0 Å². The average molecular weight is 453 g/mol. The number of carbonyl (C=O) groups excluding carboxylic acids is 1. The Morgan fingerprint density at radius 3 is 2.74 bits per heavy atom. The second-order valence-electron chi connectivity index (χ2n) is 7.78. The molecular weight excluding hydrogens is 428 g/mol. The van der Waals surface area contributed by atoms with Crippen LogP contribution < -0.4 is 5.73 Å². The molecule has 1 saturated carbocycles. The maximum absolute atomic E-state index is 11.7. The third kappa shape index (κ3) is 4.12. The van der Waals surface area contributed by atoms with Crippen molar-refractivity contribution in [3.8, 4) is 17.3 Å². The second-order valence-corrected chi connectivity index (χ2v) is 9.63. The van der Waals surface area contributed by atoms with E-state index in [2.05, 4.69) is 11.1 Å². The number of allylic oxidation sites excluding steroid dienone is 1. The Morgan fingerprint density at radius 1 is 1.32 bits per heavy atom. The molecule has 0 amide bonds. The molecule has 2 N–H and O–H groups in total. The first-order valence-electron chi connectivity index (χ1n) is 10.3. The monoisotopic (exact) mass is 452 g/mol. The summed E-state index contributed by atoms with van der Waals surface area (Å²) in [4.78, 5) is 21.2. The van der Waals surface area contributed by atoms with Crippen LogP contribution in [0.15, 0.2) is 51.3 Å². The average Bonchev–Trinajstić information content (AvgIpc) is 3.28. The van der Waals surface area contributed by atoms with Gasteiger partial charge in [0.05, 0.1) is 36.1 Å². The fraction of sp³-hybridized carbons (Fsp3) is 0.391. The summed E-state index contributed by atoms with van der Waals surface area (Å²) in [6.07, 6.45) is 4.92. The van der Waals surface area contributed by atoms with Crippen LogP contribution in [-0.4, -0.2) is 29.7 Å². The van der Waals surface area contributed by atoms with Crippen molar-refractivity contribution >= 4 is 34.9 Å². The van der Waals surface area contributed by atoms with Crippen molar-refractivity contribution < 1.29 is 9.53 Å². The number of hydrogen-bond acceptors (Lipinski definition) is 8. The highest BCUT2D eigenvalue weighted by molar-refractivity contribution is 8.03. The van der Waals surface area contributed by atoms with E-state index in [1.807, 2.05) is 35.7 Å². The Bertz CT molecular complexity index is 1060. The number of thiazole rings is 1.